The van der Waals surface area contributed by atoms with Crippen LogP contribution in [0.2, 0.25) is 0 Å². The maximum atomic E-state index is 12.9. The monoisotopic (exact) mass is 392 g/mol. The number of nitrogens with one attached hydrogen (secondary N) is 1. The van der Waals surface area contributed by atoms with Crippen LogP contribution >= 0.6 is 12.2 Å². The summed E-state index contributed by atoms with van der Waals surface area (Å²) < 4.78 is 2.45. The van der Waals surface area contributed by atoms with E-state index in [1.165, 1.54) is 16.7 Å². The molecule has 1 aromatic heterocycles. The van der Waals surface area contributed by atoms with Crippen molar-refractivity contribution < 1.29 is 4.79 Å². The first-order chi connectivity index (χ1) is 13.5. The Hall–Kier alpha value is -2.73. The first-order valence-corrected chi connectivity index (χ1v) is 10.0. The zero-order chi connectivity index (χ0) is 19.7. The van der Waals surface area contributed by atoms with Crippen molar-refractivity contribution in [2.75, 3.05) is 7.05 Å². The number of benzene rings is 2. The largest absolute Gasteiger partial charge is 0.339 e. The summed E-state index contributed by atoms with van der Waals surface area (Å²) in [7, 11) is 1.91. The van der Waals surface area contributed by atoms with Crippen molar-refractivity contribution in [3.63, 3.8) is 0 Å². The molecule has 0 fully saturated rings. The number of carbonyl (C=O) groups excluding carboxylic acids is 1. The molecule has 6 heteroatoms. The topological polar surface area (TPSA) is 53.9 Å². The molecule has 0 unspecified atom stereocenters. The predicted molar refractivity (Wildman–Crippen MR) is 112 cm³/mol. The summed E-state index contributed by atoms with van der Waals surface area (Å²) in [6.45, 7) is 2.56. The lowest BCUT2D eigenvalue weighted by Gasteiger charge is -2.25. The van der Waals surface area contributed by atoms with Crippen molar-refractivity contribution in [1.82, 2.24) is 19.7 Å². The van der Waals surface area contributed by atoms with Crippen LogP contribution in [0.4, 0.5) is 0 Å². The van der Waals surface area contributed by atoms with Gasteiger partial charge in [-0.25, -0.2) is 0 Å². The summed E-state index contributed by atoms with van der Waals surface area (Å²) in [6.07, 6.45) is 2.41. The van der Waals surface area contributed by atoms with E-state index in [0.29, 0.717) is 17.7 Å². The average Bonchev–Trinajstić information content (AvgIpc) is 3.30. The number of fused-ring (bicyclic) bond motifs is 1. The van der Waals surface area contributed by atoms with E-state index in [4.69, 9.17) is 12.2 Å². The van der Waals surface area contributed by atoms with Gasteiger partial charge >= 0.3 is 0 Å². The van der Waals surface area contributed by atoms with Gasteiger partial charge < -0.3 is 4.90 Å². The van der Waals surface area contributed by atoms with E-state index in [-0.39, 0.29) is 11.9 Å². The zero-order valence-electron chi connectivity index (χ0n) is 16.2. The van der Waals surface area contributed by atoms with Crippen molar-refractivity contribution in [2.45, 2.75) is 38.8 Å². The molecule has 1 heterocycles. The highest BCUT2D eigenvalue weighted by atomic mass is 32.1. The van der Waals surface area contributed by atoms with Crippen molar-refractivity contribution in [1.29, 1.82) is 0 Å². The Bertz CT molecular complexity index is 1050. The molecule has 0 spiro atoms. The minimum absolute atomic E-state index is 0.125. The molecule has 0 saturated heterocycles. The standard InChI is InChI=1S/C22H24N4OS/c1-15-7-9-17(10-8-15)21-23-24-22(28)26(21)14-13-20(27)25(2)19-12-11-16-5-3-4-6-18(16)19/h3-10,19H,11-14H2,1-2H3,(H,24,28)/t19-/m1/s1. The Morgan fingerprint density at radius 1 is 1.25 bits per heavy atom. The third-order valence-corrected chi connectivity index (χ3v) is 5.89. The number of hydrogen-bond donors (Lipinski definition) is 1. The second-order valence-corrected chi connectivity index (χ2v) is 7.76. The van der Waals surface area contributed by atoms with E-state index in [1.807, 2.05) is 46.8 Å². The maximum absolute atomic E-state index is 12.9. The fourth-order valence-electron chi connectivity index (χ4n) is 3.94. The van der Waals surface area contributed by atoms with Gasteiger partial charge in [-0.3, -0.25) is 14.5 Å². The summed E-state index contributed by atoms with van der Waals surface area (Å²) in [5.41, 5.74) is 4.81. The quantitative estimate of drug-likeness (QED) is 0.653. The van der Waals surface area contributed by atoms with E-state index in [9.17, 15) is 4.79 Å². The molecule has 1 N–H and O–H groups in total. The second kappa shape index (κ2) is 7.72. The van der Waals surface area contributed by atoms with Crippen LogP contribution in [0.1, 0.15) is 35.6 Å². The van der Waals surface area contributed by atoms with Crippen LogP contribution in [-0.4, -0.2) is 32.6 Å². The number of aromatic nitrogens is 3. The molecule has 1 aliphatic carbocycles. The lowest BCUT2D eigenvalue weighted by Crippen LogP contribution is -2.30. The van der Waals surface area contributed by atoms with Gasteiger partial charge in [0.2, 0.25) is 5.91 Å². The molecule has 3 aromatic rings. The number of aromatic amines is 1. The van der Waals surface area contributed by atoms with E-state index in [0.717, 1.165) is 24.2 Å². The summed E-state index contributed by atoms with van der Waals surface area (Å²) >= 11 is 5.40. The van der Waals surface area contributed by atoms with Crippen LogP contribution in [0.3, 0.4) is 0 Å². The van der Waals surface area contributed by atoms with E-state index < -0.39 is 0 Å². The lowest BCUT2D eigenvalue weighted by atomic mass is 10.1. The fraction of sp³-hybridized carbons (Fsp3) is 0.318. The first-order valence-electron chi connectivity index (χ1n) is 9.60. The smallest absolute Gasteiger partial charge is 0.224 e. The zero-order valence-corrected chi connectivity index (χ0v) is 17.0. The van der Waals surface area contributed by atoms with E-state index in [2.05, 4.69) is 35.3 Å². The molecule has 0 radical (unpaired) electrons. The average molecular weight is 393 g/mol. The fourth-order valence-corrected chi connectivity index (χ4v) is 4.17. The Labute approximate surface area is 170 Å². The normalized spacial score (nSPS) is 15.4. The minimum atomic E-state index is 0.125. The highest BCUT2D eigenvalue weighted by molar-refractivity contribution is 7.71. The Morgan fingerprint density at radius 2 is 2.00 bits per heavy atom. The van der Waals surface area contributed by atoms with Crippen LogP contribution in [0.25, 0.3) is 11.4 Å². The Morgan fingerprint density at radius 3 is 2.79 bits per heavy atom. The minimum Gasteiger partial charge on any atom is -0.339 e. The Balaban J connectivity index is 1.48. The summed E-state index contributed by atoms with van der Waals surface area (Å²) in [6, 6.07) is 16.7. The SMILES string of the molecule is Cc1ccc(-c2n[nH]c(=S)n2CCC(=O)N(C)[C@@H]2CCc3ccccc32)cc1. The van der Waals surface area contributed by atoms with Gasteiger partial charge in [-0.05, 0) is 43.1 Å². The third-order valence-electron chi connectivity index (χ3n) is 5.58. The predicted octanol–water partition coefficient (Wildman–Crippen LogP) is 4.45. The molecule has 28 heavy (non-hydrogen) atoms. The molecule has 0 saturated carbocycles. The summed E-state index contributed by atoms with van der Waals surface area (Å²) in [4.78, 5) is 14.8. The van der Waals surface area contributed by atoms with Gasteiger partial charge in [0.25, 0.3) is 0 Å². The number of rotatable bonds is 5. The third kappa shape index (κ3) is 3.52. The van der Waals surface area contributed by atoms with Gasteiger partial charge in [-0.2, -0.15) is 5.10 Å². The highest BCUT2D eigenvalue weighted by Crippen LogP contribution is 2.35. The van der Waals surface area contributed by atoms with Crippen LogP contribution in [0.5, 0.6) is 0 Å². The molecule has 0 aliphatic heterocycles. The molecular formula is C22H24N4OS. The molecule has 1 aliphatic rings. The van der Waals surface area contributed by atoms with Crippen molar-refractivity contribution in [3.8, 4) is 11.4 Å². The first kappa shape index (κ1) is 18.6. The van der Waals surface area contributed by atoms with Crippen molar-refractivity contribution in [3.05, 3.63) is 70.0 Å². The second-order valence-electron chi connectivity index (χ2n) is 7.38. The lowest BCUT2D eigenvalue weighted by molar-refractivity contribution is -0.132. The molecule has 144 valence electrons. The van der Waals surface area contributed by atoms with Crippen LogP contribution in [0.15, 0.2) is 48.5 Å². The van der Waals surface area contributed by atoms with Crippen LogP contribution in [-0.2, 0) is 17.8 Å². The number of aryl methyl sites for hydroxylation is 2. The van der Waals surface area contributed by atoms with Gasteiger partial charge in [-0.15, -0.1) is 0 Å². The molecule has 5 nitrogen and oxygen atoms in total. The highest BCUT2D eigenvalue weighted by Gasteiger charge is 2.28. The molecular weight excluding hydrogens is 368 g/mol. The van der Waals surface area contributed by atoms with E-state index >= 15 is 0 Å². The molecule has 1 amide bonds. The van der Waals surface area contributed by atoms with Crippen molar-refractivity contribution in [2.24, 2.45) is 0 Å². The van der Waals surface area contributed by atoms with Gasteiger partial charge in [-0.1, -0.05) is 54.1 Å². The van der Waals surface area contributed by atoms with Gasteiger partial charge in [0.1, 0.15) is 0 Å². The molecule has 1 atom stereocenters. The summed E-state index contributed by atoms with van der Waals surface area (Å²) in [5.74, 6) is 0.895. The van der Waals surface area contributed by atoms with Gasteiger partial charge in [0, 0.05) is 25.6 Å². The number of amides is 1. The molecule has 4 rings (SSSR count). The number of nitrogens with zero attached hydrogens (tertiary/aromatic N) is 3. The van der Waals surface area contributed by atoms with Gasteiger partial charge in [0.05, 0.1) is 6.04 Å². The molecule has 0 bridgehead atoms. The van der Waals surface area contributed by atoms with Gasteiger partial charge in [0.15, 0.2) is 10.6 Å². The summed E-state index contributed by atoms with van der Waals surface area (Å²) in [5, 5.41) is 7.23. The number of H-pyrrole nitrogens is 1. The van der Waals surface area contributed by atoms with E-state index in [1.54, 1.807) is 0 Å². The number of carbonyl (C=O) groups is 1. The van der Waals surface area contributed by atoms with Crippen molar-refractivity contribution >= 4 is 18.1 Å². The Kier molecular flexibility index (Phi) is 5.13. The van der Waals surface area contributed by atoms with Crippen LogP contribution < -0.4 is 0 Å². The molecule has 2 aromatic carbocycles. The number of hydrogen-bond acceptors (Lipinski definition) is 3. The maximum Gasteiger partial charge on any atom is 0.224 e. The van der Waals surface area contributed by atoms with Crippen LogP contribution in [0, 0.1) is 11.7 Å².